The number of nitrogens with two attached hydrogens (primary N) is 1. The van der Waals surface area contributed by atoms with Crippen molar-refractivity contribution >= 4 is 11.5 Å². The van der Waals surface area contributed by atoms with Crippen molar-refractivity contribution in [3.8, 4) is 11.5 Å². The fourth-order valence-electron chi connectivity index (χ4n) is 1.56. The van der Waals surface area contributed by atoms with E-state index in [0.29, 0.717) is 26.2 Å². The van der Waals surface area contributed by atoms with Crippen LogP contribution in [0.25, 0.3) is 0 Å². The van der Waals surface area contributed by atoms with Gasteiger partial charge in [0.2, 0.25) is 0 Å². The zero-order valence-electron chi connectivity index (χ0n) is 11.3. The van der Waals surface area contributed by atoms with Gasteiger partial charge in [-0.25, -0.2) is 0 Å². The van der Waals surface area contributed by atoms with Crippen LogP contribution in [0.4, 0.5) is 5.69 Å². The number of nitrogens with one attached hydrogen (secondary N) is 1. The first-order valence-corrected chi connectivity index (χ1v) is 6.31. The van der Waals surface area contributed by atoms with Crippen molar-refractivity contribution in [2.24, 2.45) is 10.9 Å². The first-order valence-electron chi connectivity index (χ1n) is 6.31. The number of rotatable bonds is 8. The molecule has 0 radical (unpaired) electrons. The molecule has 0 aliphatic heterocycles. The summed E-state index contributed by atoms with van der Waals surface area (Å²) in [5, 5.41) is 14.6. The molecule has 0 unspecified atom stereocenters. The van der Waals surface area contributed by atoms with Gasteiger partial charge in [0.05, 0.1) is 18.9 Å². The van der Waals surface area contributed by atoms with E-state index in [1.165, 1.54) is 0 Å². The van der Waals surface area contributed by atoms with Crippen molar-refractivity contribution in [2.75, 3.05) is 25.1 Å². The van der Waals surface area contributed by atoms with Crippen LogP contribution in [0.3, 0.4) is 0 Å². The van der Waals surface area contributed by atoms with E-state index in [-0.39, 0.29) is 5.84 Å². The minimum absolute atomic E-state index is 0.187. The number of benzene rings is 1. The second-order valence-electron chi connectivity index (χ2n) is 3.79. The summed E-state index contributed by atoms with van der Waals surface area (Å²) >= 11 is 0. The SMILES string of the molecule is CCOc1ccc(OCC)c(NCCC(N)=NO)c1. The Morgan fingerprint density at radius 2 is 2.05 bits per heavy atom. The maximum atomic E-state index is 8.48. The smallest absolute Gasteiger partial charge is 0.142 e. The van der Waals surface area contributed by atoms with E-state index in [1.807, 2.05) is 32.0 Å². The fourth-order valence-corrected chi connectivity index (χ4v) is 1.56. The lowest BCUT2D eigenvalue weighted by Crippen LogP contribution is -2.17. The highest BCUT2D eigenvalue weighted by molar-refractivity contribution is 5.80. The average Bonchev–Trinajstić information content (AvgIpc) is 2.41. The summed E-state index contributed by atoms with van der Waals surface area (Å²) in [6.07, 6.45) is 0.445. The Hall–Kier alpha value is -2.11. The minimum Gasteiger partial charge on any atom is -0.494 e. The highest BCUT2D eigenvalue weighted by Crippen LogP contribution is 2.29. The van der Waals surface area contributed by atoms with Crippen molar-refractivity contribution in [3.05, 3.63) is 18.2 Å². The molecule has 0 aromatic heterocycles. The van der Waals surface area contributed by atoms with Gasteiger partial charge < -0.3 is 25.7 Å². The Morgan fingerprint density at radius 1 is 1.32 bits per heavy atom. The van der Waals surface area contributed by atoms with Gasteiger partial charge in [-0.15, -0.1) is 0 Å². The zero-order valence-corrected chi connectivity index (χ0v) is 11.3. The van der Waals surface area contributed by atoms with Crippen LogP contribution in [-0.4, -0.2) is 30.8 Å². The molecule has 0 saturated carbocycles. The molecule has 106 valence electrons. The molecule has 0 amide bonds. The predicted molar refractivity (Wildman–Crippen MR) is 75.3 cm³/mol. The molecule has 19 heavy (non-hydrogen) atoms. The summed E-state index contributed by atoms with van der Waals surface area (Å²) in [4.78, 5) is 0. The van der Waals surface area contributed by atoms with Crippen LogP contribution >= 0.6 is 0 Å². The summed E-state index contributed by atoms with van der Waals surface area (Å²) in [7, 11) is 0. The summed E-state index contributed by atoms with van der Waals surface area (Å²) in [6.45, 7) is 5.60. The second kappa shape index (κ2) is 8.07. The summed E-state index contributed by atoms with van der Waals surface area (Å²) < 4.78 is 11.0. The van der Waals surface area contributed by atoms with E-state index in [1.54, 1.807) is 0 Å². The number of hydrogen-bond donors (Lipinski definition) is 3. The molecule has 0 aliphatic carbocycles. The van der Waals surface area contributed by atoms with Crippen molar-refractivity contribution in [2.45, 2.75) is 20.3 Å². The number of amidine groups is 1. The van der Waals surface area contributed by atoms with E-state index in [2.05, 4.69) is 10.5 Å². The summed E-state index contributed by atoms with van der Waals surface area (Å²) in [5.74, 6) is 1.72. The van der Waals surface area contributed by atoms with Crippen molar-refractivity contribution < 1.29 is 14.7 Å². The molecular formula is C13H21N3O3. The lowest BCUT2D eigenvalue weighted by atomic mass is 10.2. The molecule has 6 nitrogen and oxygen atoms in total. The standard InChI is InChI=1S/C13H21N3O3/c1-3-18-10-5-6-12(19-4-2)11(9-10)15-8-7-13(14)16-17/h5-6,9,15,17H,3-4,7-8H2,1-2H3,(H2,14,16). The zero-order chi connectivity index (χ0) is 14.1. The van der Waals surface area contributed by atoms with Gasteiger partial charge in [-0.05, 0) is 26.0 Å². The summed E-state index contributed by atoms with van der Waals surface area (Å²) in [6, 6.07) is 5.60. The third kappa shape index (κ3) is 4.95. The van der Waals surface area contributed by atoms with Crippen LogP contribution in [0.15, 0.2) is 23.4 Å². The lowest BCUT2D eigenvalue weighted by Gasteiger charge is -2.14. The van der Waals surface area contributed by atoms with Crippen molar-refractivity contribution in [1.29, 1.82) is 0 Å². The Morgan fingerprint density at radius 3 is 2.68 bits per heavy atom. The van der Waals surface area contributed by atoms with Crippen LogP contribution < -0.4 is 20.5 Å². The van der Waals surface area contributed by atoms with E-state index in [9.17, 15) is 0 Å². The predicted octanol–water partition coefficient (Wildman–Crippen LogP) is 2.03. The molecule has 6 heteroatoms. The third-order valence-corrected chi connectivity index (χ3v) is 2.39. The highest BCUT2D eigenvalue weighted by atomic mass is 16.5. The van der Waals surface area contributed by atoms with E-state index >= 15 is 0 Å². The van der Waals surface area contributed by atoms with Crippen LogP contribution in [-0.2, 0) is 0 Å². The molecule has 0 aliphatic rings. The average molecular weight is 267 g/mol. The molecule has 0 fully saturated rings. The lowest BCUT2D eigenvalue weighted by molar-refractivity contribution is 0.317. The molecule has 1 rings (SSSR count). The monoisotopic (exact) mass is 267 g/mol. The Kier molecular flexibility index (Phi) is 6.35. The number of anilines is 1. The second-order valence-corrected chi connectivity index (χ2v) is 3.79. The third-order valence-electron chi connectivity index (χ3n) is 2.39. The molecule has 0 saturated heterocycles. The first-order chi connectivity index (χ1) is 9.21. The Balaban J connectivity index is 2.72. The van der Waals surface area contributed by atoms with Gasteiger partial charge >= 0.3 is 0 Å². The minimum atomic E-state index is 0.187. The number of hydrogen-bond acceptors (Lipinski definition) is 5. The Bertz CT molecular complexity index is 422. The molecule has 0 bridgehead atoms. The van der Waals surface area contributed by atoms with Crippen LogP contribution in [0.5, 0.6) is 11.5 Å². The maximum Gasteiger partial charge on any atom is 0.142 e. The van der Waals surface area contributed by atoms with Gasteiger partial charge in [-0.3, -0.25) is 0 Å². The van der Waals surface area contributed by atoms with Crippen LogP contribution in [0.2, 0.25) is 0 Å². The van der Waals surface area contributed by atoms with E-state index < -0.39 is 0 Å². The number of oxime groups is 1. The Labute approximate surface area is 113 Å². The largest absolute Gasteiger partial charge is 0.494 e. The van der Waals surface area contributed by atoms with Crippen molar-refractivity contribution in [1.82, 2.24) is 0 Å². The van der Waals surface area contributed by atoms with E-state index in [4.69, 9.17) is 20.4 Å². The van der Waals surface area contributed by atoms with Gasteiger partial charge in [0.25, 0.3) is 0 Å². The van der Waals surface area contributed by atoms with E-state index in [0.717, 1.165) is 17.2 Å². The van der Waals surface area contributed by atoms with Crippen LogP contribution in [0.1, 0.15) is 20.3 Å². The normalized spacial score (nSPS) is 11.2. The molecule has 0 atom stereocenters. The fraction of sp³-hybridized carbons (Fsp3) is 0.462. The molecule has 1 aromatic rings. The van der Waals surface area contributed by atoms with Gasteiger partial charge in [0.15, 0.2) is 0 Å². The molecule has 4 N–H and O–H groups in total. The molecular weight excluding hydrogens is 246 g/mol. The van der Waals surface area contributed by atoms with Crippen LogP contribution in [0, 0.1) is 0 Å². The number of ether oxygens (including phenoxy) is 2. The molecule has 0 spiro atoms. The van der Waals surface area contributed by atoms with Gasteiger partial charge in [0.1, 0.15) is 17.3 Å². The van der Waals surface area contributed by atoms with Gasteiger partial charge in [-0.1, -0.05) is 5.16 Å². The first kappa shape index (κ1) is 14.9. The number of nitrogens with zero attached hydrogens (tertiary/aromatic N) is 1. The van der Waals surface area contributed by atoms with Gasteiger partial charge in [-0.2, -0.15) is 0 Å². The topological polar surface area (TPSA) is 89.1 Å². The quantitative estimate of drug-likeness (QED) is 0.290. The van der Waals surface area contributed by atoms with Crippen molar-refractivity contribution in [3.63, 3.8) is 0 Å². The van der Waals surface area contributed by atoms with Gasteiger partial charge in [0, 0.05) is 19.0 Å². The molecule has 1 aromatic carbocycles. The molecule has 0 heterocycles. The summed E-state index contributed by atoms with van der Waals surface area (Å²) in [5.41, 5.74) is 6.25. The maximum absolute atomic E-state index is 8.48. The highest BCUT2D eigenvalue weighted by Gasteiger charge is 2.05.